The maximum Gasteiger partial charge on any atom is 0.263 e. The average Bonchev–Trinajstić information content (AvgIpc) is 2.35. The zero-order chi connectivity index (χ0) is 13.6. The maximum absolute atomic E-state index is 12.3. The Hall–Kier alpha value is -1.05. The Morgan fingerprint density at radius 2 is 1.89 bits per heavy atom. The first-order chi connectivity index (χ1) is 8.47. The first-order valence-electron chi connectivity index (χ1n) is 5.34. The van der Waals surface area contributed by atoms with Crippen molar-refractivity contribution in [3.63, 3.8) is 0 Å². The number of halogens is 2. The number of hydrogen-bond donors (Lipinski definition) is 1. The minimum absolute atomic E-state index is 0.0238. The van der Waals surface area contributed by atoms with Crippen molar-refractivity contribution in [2.75, 3.05) is 20.3 Å². The lowest BCUT2D eigenvalue weighted by Crippen LogP contribution is -2.25. The van der Waals surface area contributed by atoms with Crippen LogP contribution < -0.4 is 4.72 Å². The molecule has 0 saturated carbocycles. The number of ether oxygens (including phenoxy) is 1. The minimum atomic E-state index is -3.63. The van der Waals surface area contributed by atoms with E-state index in [0.29, 0.717) is 13.0 Å². The fourth-order valence-corrected chi connectivity index (χ4v) is 2.37. The van der Waals surface area contributed by atoms with E-state index in [0.717, 1.165) is 12.1 Å². The summed E-state index contributed by atoms with van der Waals surface area (Å²) in [6.45, 7) is 0.694. The summed E-state index contributed by atoms with van der Waals surface area (Å²) in [5.41, 5.74) is -0.201. The number of sulfonamides is 1. The molecule has 0 aromatic heterocycles. The van der Waals surface area contributed by atoms with Crippen LogP contribution in [-0.4, -0.2) is 28.7 Å². The zero-order valence-corrected chi connectivity index (χ0v) is 10.7. The van der Waals surface area contributed by atoms with E-state index in [-0.39, 0.29) is 17.0 Å². The van der Waals surface area contributed by atoms with Crippen molar-refractivity contribution >= 4 is 10.0 Å². The molecule has 1 N–H and O–H groups in total. The van der Waals surface area contributed by atoms with E-state index in [4.69, 9.17) is 4.74 Å². The van der Waals surface area contributed by atoms with E-state index in [1.54, 1.807) is 0 Å². The molecule has 0 spiro atoms. The standard InChI is InChI=1S/C11H15F2NO3S/c1-17-8-2-7-14-18(15,16)10-5-3-9(4-6-10)11(12)13/h3-6,11,14H,2,7-8H2,1H3. The molecule has 0 saturated heterocycles. The Bertz CT molecular complexity index is 460. The van der Waals surface area contributed by atoms with Gasteiger partial charge in [0.15, 0.2) is 0 Å². The third-order valence-electron chi connectivity index (χ3n) is 2.26. The molecular formula is C11H15F2NO3S. The molecule has 102 valence electrons. The summed E-state index contributed by atoms with van der Waals surface area (Å²) in [5.74, 6) is 0. The Kier molecular flexibility index (Phi) is 5.64. The summed E-state index contributed by atoms with van der Waals surface area (Å²) in [7, 11) is -2.11. The highest BCUT2D eigenvalue weighted by Gasteiger charge is 2.14. The van der Waals surface area contributed by atoms with Gasteiger partial charge in [-0.25, -0.2) is 21.9 Å². The molecule has 18 heavy (non-hydrogen) atoms. The van der Waals surface area contributed by atoms with Gasteiger partial charge < -0.3 is 4.74 Å². The summed E-state index contributed by atoms with van der Waals surface area (Å²) in [6.07, 6.45) is -2.05. The van der Waals surface area contributed by atoms with Gasteiger partial charge in [0.1, 0.15) is 0 Å². The number of methoxy groups -OCH3 is 1. The number of rotatable bonds is 7. The van der Waals surface area contributed by atoms with Crippen LogP contribution in [0.4, 0.5) is 8.78 Å². The van der Waals surface area contributed by atoms with Crippen molar-refractivity contribution in [2.45, 2.75) is 17.7 Å². The summed E-state index contributed by atoms with van der Waals surface area (Å²) < 4.78 is 55.2. The lowest BCUT2D eigenvalue weighted by Gasteiger charge is -2.07. The number of nitrogens with one attached hydrogen (secondary N) is 1. The molecule has 0 heterocycles. The van der Waals surface area contributed by atoms with Crippen LogP contribution in [0.25, 0.3) is 0 Å². The van der Waals surface area contributed by atoms with Gasteiger partial charge in [-0.2, -0.15) is 0 Å². The van der Waals surface area contributed by atoms with Gasteiger partial charge in [-0.05, 0) is 18.6 Å². The second-order valence-corrected chi connectivity index (χ2v) is 5.38. The lowest BCUT2D eigenvalue weighted by molar-refractivity contribution is 0.151. The summed E-state index contributed by atoms with van der Waals surface area (Å²) >= 11 is 0. The fourth-order valence-electron chi connectivity index (χ4n) is 1.30. The van der Waals surface area contributed by atoms with Crippen LogP contribution >= 0.6 is 0 Å². The lowest BCUT2D eigenvalue weighted by atomic mass is 10.2. The van der Waals surface area contributed by atoms with Gasteiger partial charge in [-0.1, -0.05) is 12.1 Å². The molecule has 0 radical (unpaired) electrons. The minimum Gasteiger partial charge on any atom is -0.385 e. The van der Waals surface area contributed by atoms with Crippen LogP contribution in [0.1, 0.15) is 18.4 Å². The van der Waals surface area contributed by atoms with Crippen LogP contribution in [0.15, 0.2) is 29.2 Å². The number of hydrogen-bond acceptors (Lipinski definition) is 3. The maximum atomic E-state index is 12.3. The summed E-state index contributed by atoms with van der Waals surface area (Å²) in [6, 6.07) is 4.54. The highest BCUT2D eigenvalue weighted by atomic mass is 32.2. The van der Waals surface area contributed by atoms with E-state index in [1.165, 1.54) is 19.2 Å². The Labute approximate surface area is 105 Å². The molecule has 0 aliphatic rings. The van der Waals surface area contributed by atoms with E-state index in [2.05, 4.69) is 4.72 Å². The van der Waals surface area contributed by atoms with Gasteiger partial charge >= 0.3 is 0 Å². The van der Waals surface area contributed by atoms with Crippen LogP contribution in [-0.2, 0) is 14.8 Å². The molecule has 1 rings (SSSR count). The SMILES string of the molecule is COCCCNS(=O)(=O)c1ccc(C(F)F)cc1. The van der Waals surface area contributed by atoms with E-state index < -0.39 is 16.4 Å². The van der Waals surface area contributed by atoms with Crippen molar-refractivity contribution in [2.24, 2.45) is 0 Å². The van der Waals surface area contributed by atoms with Crippen molar-refractivity contribution in [1.82, 2.24) is 4.72 Å². The van der Waals surface area contributed by atoms with Crippen LogP contribution in [0.2, 0.25) is 0 Å². The Morgan fingerprint density at radius 1 is 1.28 bits per heavy atom. The number of benzene rings is 1. The first kappa shape index (κ1) is 15.0. The van der Waals surface area contributed by atoms with Crippen molar-refractivity contribution < 1.29 is 21.9 Å². The fraction of sp³-hybridized carbons (Fsp3) is 0.455. The molecule has 4 nitrogen and oxygen atoms in total. The van der Waals surface area contributed by atoms with Crippen LogP contribution in [0.5, 0.6) is 0 Å². The van der Waals surface area contributed by atoms with Crippen molar-refractivity contribution in [3.05, 3.63) is 29.8 Å². The molecule has 1 aromatic carbocycles. The Balaban J connectivity index is 2.67. The quantitative estimate of drug-likeness (QED) is 0.776. The van der Waals surface area contributed by atoms with Crippen LogP contribution in [0.3, 0.4) is 0 Å². The smallest absolute Gasteiger partial charge is 0.263 e. The average molecular weight is 279 g/mol. The third-order valence-corrected chi connectivity index (χ3v) is 3.74. The molecule has 0 aliphatic heterocycles. The van der Waals surface area contributed by atoms with Gasteiger partial charge in [0.2, 0.25) is 10.0 Å². The van der Waals surface area contributed by atoms with Gasteiger partial charge in [-0.3, -0.25) is 0 Å². The predicted molar refractivity (Wildman–Crippen MR) is 63.1 cm³/mol. The van der Waals surface area contributed by atoms with E-state index >= 15 is 0 Å². The molecule has 0 fully saturated rings. The molecule has 0 atom stereocenters. The molecule has 1 aromatic rings. The number of alkyl halides is 2. The second-order valence-electron chi connectivity index (χ2n) is 3.61. The van der Waals surface area contributed by atoms with E-state index in [1.807, 2.05) is 0 Å². The largest absolute Gasteiger partial charge is 0.385 e. The topological polar surface area (TPSA) is 55.4 Å². The summed E-state index contributed by atoms with van der Waals surface area (Å²) in [4.78, 5) is -0.0238. The van der Waals surface area contributed by atoms with Gasteiger partial charge in [-0.15, -0.1) is 0 Å². The van der Waals surface area contributed by atoms with Gasteiger partial charge in [0.25, 0.3) is 6.43 Å². The normalized spacial score (nSPS) is 12.0. The molecule has 0 unspecified atom stereocenters. The van der Waals surface area contributed by atoms with Crippen molar-refractivity contribution in [3.8, 4) is 0 Å². The molecule has 0 bridgehead atoms. The highest BCUT2D eigenvalue weighted by molar-refractivity contribution is 7.89. The highest BCUT2D eigenvalue weighted by Crippen LogP contribution is 2.20. The van der Waals surface area contributed by atoms with E-state index in [9.17, 15) is 17.2 Å². The second kappa shape index (κ2) is 6.77. The third kappa shape index (κ3) is 4.32. The molecular weight excluding hydrogens is 264 g/mol. The molecule has 0 aliphatic carbocycles. The summed E-state index contributed by atoms with van der Waals surface area (Å²) in [5, 5.41) is 0. The van der Waals surface area contributed by atoms with Gasteiger partial charge in [0, 0.05) is 25.8 Å². The van der Waals surface area contributed by atoms with Crippen LogP contribution in [0, 0.1) is 0 Å². The Morgan fingerprint density at radius 3 is 2.39 bits per heavy atom. The zero-order valence-electron chi connectivity index (χ0n) is 9.90. The monoisotopic (exact) mass is 279 g/mol. The predicted octanol–water partition coefficient (Wildman–Crippen LogP) is 1.94. The molecule has 0 amide bonds. The van der Waals surface area contributed by atoms with Crippen molar-refractivity contribution in [1.29, 1.82) is 0 Å². The molecule has 7 heteroatoms. The first-order valence-corrected chi connectivity index (χ1v) is 6.82. The van der Waals surface area contributed by atoms with Gasteiger partial charge in [0.05, 0.1) is 4.90 Å².